The van der Waals surface area contributed by atoms with Gasteiger partial charge in [0.05, 0.1) is 79.6 Å². The van der Waals surface area contributed by atoms with Gasteiger partial charge in [-0.2, -0.15) is 0 Å². The third-order valence-electron chi connectivity index (χ3n) is 17.2. The first kappa shape index (κ1) is 70.7. The van der Waals surface area contributed by atoms with Gasteiger partial charge < -0.3 is 71.1 Å². The summed E-state index contributed by atoms with van der Waals surface area (Å²) in [6.07, 6.45) is 9.89. The minimum Gasteiger partial charge on any atom is -0.493 e. The summed E-state index contributed by atoms with van der Waals surface area (Å²) in [5.74, 6) is 4.13. The maximum Gasteiger partial charge on any atom is 0.181 e. The Bertz CT molecular complexity index is 4110. The summed E-state index contributed by atoms with van der Waals surface area (Å²) in [6.45, 7) is 10.8. The van der Waals surface area contributed by atoms with Crippen molar-refractivity contribution in [3.63, 3.8) is 0 Å². The molecule has 6 aromatic rings. The Morgan fingerprint density at radius 2 is 0.760 bits per heavy atom. The Morgan fingerprint density at radius 3 is 1.18 bits per heavy atom. The lowest BCUT2D eigenvalue weighted by atomic mass is 9.80. The Balaban J connectivity index is 0.000000166. The van der Waals surface area contributed by atoms with E-state index in [0.717, 1.165) is 11.1 Å². The standard InChI is InChI=1S/2C24H23FO6.C23H21FO6.4CH4/c1-24(2)7-6-13-16(31-24)5-4-14-22(26)21-15-10-19(28-9-8-25)18(27-3)11-17(15)29-12-20(21)30-23(13)14;1-24(2)7-6-13-16(31-24)5-4-14-22(26)21-15-10-18(27-3)19(28-9-8-25)11-17(15)29-12-20(21)30-23(13)14;1-23(2)6-5-11-15(30-23)8-13(24)20-21(25)19-12-7-16(26-3)17(27-4)9-14(12)28-10-18(19)29-22(11)20;;;;/h2*4-7,10-11,20-21H,8-9,12H2,1-3H3;5-9,18-19H,10H2,1-4H3;4*1H4/t2*20-,21+;18-,19+;;;;/m111..../s1/i2*25-1;24-1;;;;. The van der Waals surface area contributed by atoms with Gasteiger partial charge in [-0.15, -0.1) is 0 Å². The minimum absolute atomic E-state index is 0. The second-order valence-corrected chi connectivity index (χ2v) is 24.6. The highest BCUT2D eigenvalue weighted by Crippen LogP contribution is 2.54. The number of hydrogen-bond donors (Lipinski definition) is 0. The highest BCUT2D eigenvalue weighted by Gasteiger charge is 2.49. The van der Waals surface area contributed by atoms with Crippen molar-refractivity contribution in [2.45, 2.75) is 124 Å². The number of alkyl halides is 2. The van der Waals surface area contributed by atoms with Crippen molar-refractivity contribution in [2.75, 3.05) is 74.8 Å². The predicted octanol–water partition coefficient (Wildman–Crippen LogP) is 15.4. The smallest absolute Gasteiger partial charge is 0.181 e. The number of carbonyl (C=O) groups is 3. The van der Waals surface area contributed by atoms with Gasteiger partial charge in [0.1, 0.15) is 139 Å². The van der Waals surface area contributed by atoms with Crippen molar-refractivity contribution in [3.05, 3.63) is 141 Å². The molecule has 0 amide bonds. The molecule has 0 unspecified atom stereocenters. The van der Waals surface area contributed by atoms with Crippen LogP contribution in [0, 0.1) is 5.82 Å². The maximum absolute atomic E-state index is 15.1. The van der Waals surface area contributed by atoms with Crippen LogP contribution in [0.2, 0.25) is 0 Å². The average molecular weight is 1330 g/mol. The van der Waals surface area contributed by atoms with E-state index >= 15 is 4.39 Å². The molecule has 0 bridgehead atoms. The number of rotatable bonds is 10. The fourth-order valence-corrected chi connectivity index (χ4v) is 12.8. The van der Waals surface area contributed by atoms with Crippen molar-refractivity contribution >= 4 is 35.6 Å². The van der Waals surface area contributed by atoms with Crippen LogP contribution in [0.15, 0.2) is 85.0 Å². The zero-order valence-electron chi connectivity index (χ0n) is 52.2. The first-order valence-corrected chi connectivity index (χ1v) is 30.1. The number of benzene rings is 6. The third-order valence-corrected chi connectivity index (χ3v) is 17.2. The maximum atomic E-state index is 15.1. The quantitative estimate of drug-likeness (QED) is 0.126. The average Bonchev–Trinajstić information content (AvgIpc) is 0.745. The van der Waals surface area contributed by atoms with E-state index < -0.39 is 72.0 Å². The van der Waals surface area contributed by atoms with Crippen LogP contribution in [0.25, 0.3) is 18.2 Å². The molecule has 0 fully saturated rings. The zero-order chi connectivity index (χ0) is 64.7. The van der Waals surface area contributed by atoms with Crippen LogP contribution < -0.4 is 71.1 Å². The number of carbonyl (C=O) groups excluding carboxylic acids is 3. The Hall–Kier alpha value is -9.66. The molecule has 18 nitrogen and oxygen atoms in total. The molecule has 9 aliphatic heterocycles. The number of Topliss-reactive ketones (excluding diaryl/α,β-unsaturated/α-hetero) is 3. The Labute approximate surface area is 558 Å². The minimum atomic E-state index is -0.710. The van der Waals surface area contributed by atoms with Crippen LogP contribution in [0.3, 0.4) is 0 Å². The van der Waals surface area contributed by atoms with E-state index in [1.807, 2.05) is 90.1 Å². The summed E-state index contributed by atoms with van der Waals surface area (Å²) >= 11 is 0. The lowest BCUT2D eigenvalue weighted by Crippen LogP contribution is -2.43. The number of hydrogen-bond acceptors (Lipinski definition) is 18. The normalized spacial score (nSPS) is 21.2. The van der Waals surface area contributed by atoms with Gasteiger partial charge in [0.25, 0.3) is 0 Å². The number of fused-ring (bicyclic) bond motifs is 18. The van der Waals surface area contributed by atoms with Gasteiger partial charge in [-0.3, -0.25) is 14.4 Å². The van der Waals surface area contributed by atoms with Gasteiger partial charge >= 0.3 is 0 Å². The van der Waals surface area contributed by atoms with E-state index in [1.165, 1.54) is 34.5 Å². The SMILES string of the molecule is C.C.C.C.COc1cc2c(cc1OC)[C@@H]1C(=O)c3c([18F])cc4c(c3O[C@@H]1CO2)C=CC(C)(C)O4.COc1cc2c(cc1OCC[18F])OC[C@H]1Oc3c(ccc4c3C=CC(C)(C)O4)C(=O)[C@@H]21.COc1cc2c(cc1OCC[18F])[C@@H]1C(=O)c3ccc4c(c3O[C@@H]1CO2)C=CC(C)(C)O4. The lowest BCUT2D eigenvalue weighted by molar-refractivity contribution is 0.0540. The van der Waals surface area contributed by atoms with E-state index in [4.69, 9.17) is 71.1 Å². The van der Waals surface area contributed by atoms with Crippen LogP contribution in [0.5, 0.6) is 86.2 Å². The van der Waals surface area contributed by atoms with Crippen molar-refractivity contribution < 1.29 is 98.6 Å². The molecule has 6 atom stereocenters. The number of ether oxygens (including phenoxy) is 15. The molecule has 0 spiro atoms. The summed E-state index contributed by atoms with van der Waals surface area (Å²) in [7, 11) is 6.04. The fraction of sp³-hybridized carbons (Fsp3) is 0.400. The summed E-state index contributed by atoms with van der Waals surface area (Å²) in [6, 6.07) is 18.5. The zero-order valence-corrected chi connectivity index (χ0v) is 52.2. The van der Waals surface area contributed by atoms with Crippen LogP contribution in [-0.2, 0) is 0 Å². The van der Waals surface area contributed by atoms with Gasteiger partial charge in [-0.05, 0) is 120 Å². The largest absolute Gasteiger partial charge is 0.493 e. The molecule has 0 radical (unpaired) electrons. The molecular weight excluding hydrogens is 1240 g/mol. The van der Waals surface area contributed by atoms with Gasteiger partial charge in [0.2, 0.25) is 0 Å². The van der Waals surface area contributed by atoms with E-state index in [0.29, 0.717) is 114 Å². The highest BCUT2D eigenvalue weighted by molar-refractivity contribution is 6.08. The molecule has 0 saturated heterocycles. The predicted molar refractivity (Wildman–Crippen MR) is 357 cm³/mol. The monoisotopic (exact) mass is 1330 g/mol. The van der Waals surface area contributed by atoms with Gasteiger partial charge in [-0.25, -0.2) is 13.2 Å². The molecule has 512 valence electrons. The first-order valence-electron chi connectivity index (χ1n) is 30.1. The fourth-order valence-electron chi connectivity index (χ4n) is 12.8. The molecular formula is C75H83F3O18. The van der Waals surface area contributed by atoms with Crippen molar-refractivity contribution in [1.82, 2.24) is 0 Å². The van der Waals surface area contributed by atoms with Gasteiger partial charge in [-0.1, -0.05) is 29.7 Å². The number of halogens is 3. The van der Waals surface area contributed by atoms with E-state index in [1.54, 1.807) is 48.5 Å². The van der Waals surface area contributed by atoms with Crippen LogP contribution in [0.4, 0.5) is 13.2 Å². The Morgan fingerprint density at radius 1 is 0.427 bits per heavy atom. The highest BCUT2D eigenvalue weighted by atomic mass is 18.2. The topological polar surface area (TPSA) is 190 Å². The molecule has 0 N–H and O–H groups in total. The number of methoxy groups -OCH3 is 4. The van der Waals surface area contributed by atoms with Crippen molar-refractivity contribution in [3.8, 4) is 86.2 Å². The molecule has 96 heavy (non-hydrogen) atoms. The van der Waals surface area contributed by atoms with Crippen LogP contribution >= 0.6 is 0 Å². The van der Waals surface area contributed by atoms with E-state index in [2.05, 4.69) is 0 Å². The summed E-state index contributed by atoms with van der Waals surface area (Å²) in [5.41, 5.74) is 3.52. The molecule has 6 aromatic carbocycles. The van der Waals surface area contributed by atoms with Crippen molar-refractivity contribution in [2.24, 2.45) is 0 Å². The van der Waals surface area contributed by atoms with Crippen LogP contribution in [-0.4, -0.2) is 127 Å². The summed E-state index contributed by atoms with van der Waals surface area (Å²) < 4.78 is 127. The molecule has 15 rings (SSSR count). The molecule has 0 aliphatic carbocycles. The second-order valence-electron chi connectivity index (χ2n) is 24.6. The molecule has 0 aromatic heterocycles. The van der Waals surface area contributed by atoms with Crippen LogP contribution in [0.1, 0.15) is 153 Å². The van der Waals surface area contributed by atoms with E-state index in [9.17, 15) is 23.2 Å². The molecule has 0 saturated carbocycles. The van der Waals surface area contributed by atoms with E-state index in [-0.39, 0.29) is 91.4 Å². The Kier molecular flexibility index (Phi) is 20.0. The van der Waals surface area contributed by atoms with Gasteiger partial charge in [0.15, 0.2) is 51.8 Å². The number of ketones is 3. The lowest BCUT2D eigenvalue weighted by Gasteiger charge is -2.39. The summed E-state index contributed by atoms with van der Waals surface area (Å²) in [4.78, 5) is 40.6. The first-order chi connectivity index (χ1) is 44.2. The second kappa shape index (κ2) is 27.2. The third kappa shape index (κ3) is 12.5. The molecule has 21 heteroatoms. The summed E-state index contributed by atoms with van der Waals surface area (Å²) in [5, 5.41) is 0. The molecule has 9 aliphatic rings. The van der Waals surface area contributed by atoms with Gasteiger partial charge in [0, 0.05) is 41.0 Å². The van der Waals surface area contributed by atoms with Crippen molar-refractivity contribution in [1.29, 1.82) is 0 Å². The molecule has 9 heterocycles.